The third-order valence-corrected chi connectivity index (χ3v) is 4.81. The number of rotatable bonds is 8. The van der Waals surface area contributed by atoms with Crippen molar-refractivity contribution in [2.24, 2.45) is 15.7 Å². The van der Waals surface area contributed by atoms with Crippen LogP contribution in [0.15, 0.2) is 46.8 Å². The summed E-state index contributed by atoms with van der Waals surface area (Å²) in [5, 5.41) is 8.70. The van der Waals surface area contributed by atoms with E-state index < -0.39 is 0 Å². The van der Waals surface area contributed by atoms with Crippen molar-refractivity contribution in [1.82, 2.24) is 9.97 Å². The highest BCUT2D eigenvalue weighted by Gasteiger charge is 2.22. The van der Waals surface area contributed by atoms with Crippen LogP contribution in [0.3, 0.4) is 0 Å². The van der Waals surface area contributed by atoms with Crippen molar-refractivity contribution in [2.45, 2.75) is 53.4 Å². The van der Waals surface area contributed by atoms with E-state index >= 15 is 0 Å². The van der Waals surface area contributed by atoms with Crippen LogP contribution in [-0.4, -0.2) is 34.6 Å². The Labute approximate surface area is 173 Å². The first-order valence-electron chi connectivity index (χ1n) is 10.2. The molecule has 0 spiro atoms. The lowest BCUT2D eigenvalue weighted by molar-refractivity contribution is -0.000254. The molecular weight excluding hydrogens is 364 g/mol. The van der Waals surface area contributed by atoms with E-state index in [1.807, 2.05) is 32.0 Å². The van der Waals surface area contributed by atoms with Gasteiger partial charge >= 0.3 is 0 Å². The molecule has 1 aliphatic rings. The molecule has 6 nitrogen and oxygen atoms in total. The van der Waals surface area contributed by atoms with Gasteiger partial charge in [0.1, 0.15) is 24.6 Å². The van der Waals surface area contributed by atoms with Gasteiger partial charge in [-0.3, -0.25) is 9.97 Å². The summed E-state index contributed by atoms with van der Waals surface area (Å²) in [4.78, 5) is 20.3. The molecule has 2 heterocycles. The van der Waals surface area contributed by atoms with E-state index in [0.29, 0.717) is 13.2 Å². The average molecular weight is 395 g/mol. The van der Waals surface area contributed by atoms with Gasteiger partial charge in [0.2, 0.25) is 0 Å². The predicted molar refractivity (Wildman–Crippen MR) is 115 cm³/mol. The first-order chi connectivity index (χ1) is 14.0. The SMILES string of the molecule is CCC(=NOCC(C)(C)CON=C1CCCc2ccc(C)nc21)c1ccccn1. The summed E-state index contributed by atoms with van der Waals surface area (Å²) in [6, 6.07) is 9.98. The smallest absolute Gasteiger partial charge is 0.125 e. The third kappa shape index (κ3) is 5.86. The molecule has 0 aromatic carbocycles. The standard InChI is InChI=1S/C23H30N4O2/c1-5-19(20-10-6-7-14-24-20)26-28-15-23(3,4)16-29-27-21-11-8-9-18-13-12-17(2)25-22(18)21/h6-7,10,12-14H,5,8-9,11,15-16H2,1-4H3. The highest BCUT2D eigenvalue weighted by Crippen LogP contribution is 2.22. The van der Waals surface area contributed by atoms with Crippen LogP contribution in [0.5, 0.6) is 0 Å². The first kappa shape index (κ1) is 21.0. The summed E-state index contributed by atoms with van der Waals surface area (Å²) in [6.07, 6.45) is 5.54. The van der Waals surface area contributed by atoms with Crippen molar-refractivity contribution in [3.8, 4) is 0 Å². The number of aryl methyl sites for hydroxylation is 2. The Morgan fingerprint density at radius 2 is 1.93 bits per heavy atom. The number of oxime groups is 2. The number of fused-ring (bicyclic) bond motifs is 1. The van der Waals surface area contributed by atoms with Gasteiger partial charge in [0.15, 0.2) is 0 Å². The Kier molecular flexibility index (Phi) is 6.96. The molecule has 0 aliphatic heterocycles. The van der Waals surface area contributed by atoms with Crippen LogP contribution in [0.2, 0.25) is 0 Å². The summed E-state index contributed by atoms with van der Waals surface area (Å²) in [6.45, 7) is 9.07. The lowest BCUT2D eigenvalue weighted by Gasteiger charge is -2.22. The molecule has 0 saturated carbocycles. The molecule has 0 fully saturated rings. The highest BCUT2D eigenvalue weighted by atomic mass is 16.6. The fraction of sp³-hybridized carbons (Fsp3) is 0.478. The Bertz CT molecular complexity index is 876. The van der Waals surface area contributed by atoms with Crippen LogP contribution >= 0.6 is 0 Å². The summed E-state index contributed by atoms with van der Waals surface area (Å²) in [5.74, 6) is 0. The van der Waals surface area contributed by atoms with Crippen molar-refractivity contribution in [3.63, 3.8) is 0 Å². The van der Waals surface area contributed by atoms with Crippen LogP contribution in [0.25, 0.3) is 0 Å². The summed E-state index contributed by atoms with van der Waals surface area (Å²) in [7, 11) is 0. The summed E-state index contributed by atoms with van der Waals surface area (Å²) < 4.78 is 0. The van der Waals surface area contributed by atoms with Crippen molar-refractivity contribution in [1.29, 1.82) is 0 Å². The number of pyridine rings is 2. The first-order valence-corrected chi connectivity index (χ1v) is 10.2. The van der Waals surface area contributed by atoms with Crippen molar-refractivity contribution in [2.75, 3.05) is 13.2 Å². The van der Waals surface area contributed by atoms with E-state index in [-0.39, 0.29) is 5.41 Å². The molecule has 0 radical (unpaired) electrons. The highest BCUT2D eigenvalue weighted by molar-refractivity contribution is 6.00. The van der Waals surface area contributed by atoms with Crippen LogP contribution in [-0.2, 0) is 16.1 Å². The molecule has 0 bridgehead atoms. The van der Waals surface area contributed by atoms with Crippen molar-refractivity contribution < 1.29 is 9.68 Å². The maximum Gasteiger partial charge on any atom is 0.125 e. The number of hydrogen-bond acceptors (Lipinski definition) is 6. The zero-order valence-corrected chi connectivity index (χ0v) is 17.8. The maximum atomic E-state index is 5.71. The largest absolute Gasteiger partial charge is 0.395 e. The Morgan fingerprint density at radius 1 is 1.10 bits per heavy atom. The zero-order chi connectivity index (χ0) is 20.7. The van der Waals surface area contributed by atoms with Gasteiger partial charge in [-0.25, -0.2) is 0 Å². The Hall–Kier alpha value is -2.76. The lowest BCUT2D eigenvalue weighted by Crippen LogP contribution is -2.25. The van der Waals surface area contributed by atoms with Crippen LogP contribution in [0.1, 0.15) is 62.7 Å². The fourth-order valence-corrected chi connectivity index (χ4v) is 3.13. The number of nitrogens with zero attached hydrogens (tertiary/aromatic N) is 4. The van der Waals surface area contributed by atoms with Gasteiger partial charge in [-0.05, 0) is 56.4 Å². The molecule has 0 unspecified atom stereocenters. The quantitative estimate of drug-likeness (QED) is 0.481. The summed E-state index contributed by atoms with van der Waals surface area (Å²) in [5.41, 5.74) is 5.63. The monoisotopic (exact) mass is 394 g/mol. The topological polar surface area (TPSA) is 69.0 Å². The van der Waals surface area contributed by atoms with Gasteiger partial charge in [-0.1, -0.05) is 43.2 Å². The molecule has 0 saturated heterocycles. The van der Waals surface area contributed by atoms with Gasteiger partial charge in [0.05, 0.1) is 11.4 Å². The van der Waals surface area contributed by atoms with E-state index in [2.05, 4.69) is 46.3 Å². The fourth-order valence-electron chi connectivity index (χ4n) is 3.13. The Balaban J connectivity index is 1.56. The molecule has 3 rings (SSSR count). The molecule has 0 atom stereocenters. The molecular formula is C23H30N4O2. The minimum atomic E-state index is -0.228. The molecule has 29 heavy (non-hydrogen) atoms. The van der Waals surface area contributed by atoms with Gasteiger partial charge in [-0.2, -0.15) is 0 Å². The molecule has 1 aliphatic carbocycles. The molecule has 0 N–H and O–H groups in total. The van der Waals surface area contributed by atoms with Gasteiger partial charge in [0.25, 0.3) is 0 Å². The molecule has 6 heteroatoms. The molecule has 0 amide bonds. The van der Waals surface area contributed by atoms with Crippen LogP contribution in [0.4, 0.5) is 0 Å². The second kappa shape index (κ2) is 9.63. The predicted octanol–water partition coefficient (Wildman–Crippen LogP) is 4.70. The maximum absolute atomic E-state index is 5.71. The molecule has 154 valence electrons. The normalized spacial score (nSPS) is 15.9. The van der Waals surface area contributed by atoms with Gasteiger partial charge in [-0.15, -0.1) is 0 Å². The number of hydrogen-bond donors (Lipinski definition) is 0. The second-order valence-electron chi connectivity index (χ2n) is 8.17. The van der Waals surface area contributed by atoms with Crippen LogP contribution < -0.4 is 0 Å². The minimum Gasteiger partial charge on any atom is -0.395 e. The number of aromatic nitrogens is 2. The zero-order valence-electron chi connectivity index (χ0n) is 17.8. The average Bonchev–Trinajstić information content (AvgIpc) is 2.72. The van der Waals surface area contributed by atoms with Crippen molar-refractivity contribution in [3.05, 3.63) is 59.2 Å². The van der Waals surface area contributed by atoms with E-state index in [1.165, 1.54) is 5.56 Å². The summed E-state index contributed by atoms with van der Waals surface area (Å²) >= 11 is 0. The molecule has 2 aromatic heterocycles. The third-order valence-electron chi connectivity index (χ3n) is 4.81. The van der Waals surface area contributed by atoms with E-state index in [9.17, 15) is 0 Å². The lowest BCUT2D eigenvalue weighted by atomic mass is 9.94. The van der Waals surface area contributed by atoms with Crippen LogP contribution in [0, 0.1) is 12.3 Å². The van der Waals surface area contributed by atoms with E-state index in [4.69, 9.17) is 9.68 Å². The van der Waals surface area contributed by atoms with E-state index in [1.54, 1.807) is 6.20 Å². The van der Waals surface area contributed by atoms with E-state index in [0.717, 1.165) is 54.2 Å². The van der Waals surface area contributed by atoms with Gasteiger partial charge in [0, 0.05) is 17.3 Å². The van der Waals surface area contributed by atoms with Crippen molar-refractivity contribution >= 4 is 11.4 Å². The molecule has 2 aromatic rings. The van der Waals surface area contributed by atoms with Gasteiger partial charge < -0.3 is 9.68 Å². The minimum absolute atomic E-state index is 0.228. The second-order valence-corrected chi connectivity index (χ2v) is 8.17. The Morgan fingerprint density at radius 3 is 2.69 bits per heavy atom.